The number of hydrogen-bond donors (Lipinski definition) is 1. The molecule has 0 saturated carbocycles. The molecule has 17 heavy (non-hydrogen) atoms. The number of hydrogen-bond acceptors (Lipinski definition) is 4. The van der Waals surface area contributed by atoms with Gasteiger partial charge >= 0.3 is 12.1 Å². The molecule has 0 fully saturated rings. The van der Waals surface area contributed by atoms with E-state index in [0.717, 1.165) is 5.56 Å². The number of aromatic nitrogens is 2. The number of nitrogens with zero attached hydrogens (tertiary/aromatic N) is 2. The highest BCUT2D eigenvalue weighted by Gasteiger charge is 2.38. The van der Waals surface area contributed by atoms with Gasteiger partial charge in [0.15, 0.2) is 0 Å². The molecule has 0 aliphatic heterocycles. The summed E-state index contributed by atoms with van der Waals surface area (Å²) in [4.78, 5) is 3.26. The maximum absolute atomic E-state index is 12.2. The minimum atomic E-state index is -4.64. The Morgan fingerprint density at radius 2 is 2.00 bits per heavy atom. The van der Waals surface area contributed by atoms with Gasteiger partial charge in [-0.1, -0.05) is 17.3 Å². The topological polar surface area (TPSA) is 64.9 Å². The van der Waals surface area contributed by atoms with Crippen molar-refractivity contribution in [2.75, 3.05) is 5.73 Å². The van der Waals surface area contributed by atoms with Crippen LogP contribution in [0, 0.1) is 6.92 Å². The first kappa shape index (κ1) is 11.4. The van der Waals surface area contributed by atoms with E-state index in [9.17, 15) is 13.2 Å². The van der Waals surface area contributed by atoms with E-state index in [4.69, 9.17) is 5.73 Å². The molecule has 2 N–H and O–H groups in total. The fourth-order valence-corrected chi connectivity index (χ4v) is 1.24. The van der Waals surface area contributed by atoms with Crippen molar-refractivity contribution in [3.05, 3.63) is 29.7 Å². The number of nitrogen functional groups attached to an aromatic ring is 1. The van der Waals surface area contributed by atoms with Crippen LogP contribution in [-0.2, 0) is 6.18 Å². The molecule has 4 nitrogen and oxygen atoms in total. The standard InChI is InChI=1S/C10H8F3N3O/c1-5-2-3-6(4-7(5)14)8-15-9(17-16-8)10(11,12)13/h2-4H,14H2,1H3. The van der Waals surface area contributed by atoms with Gasteiger partial charge in [-0.3, -0.25) is 0 Å². The van der Waals surface area contributed by atoms with Crippen molar-refractivity contribution in [3.8, 4) is 11.4 Å². The van der Waals surface area contributed by atoms with Gasteiger partial charge in [-0.05, 0) is 18.6 Å². The number of alkyl halides is 3. The fraction of sp³-hybridized carbons (Fsp3) is 0.200. The van der Waals surface area contributed by atoms with E-state index >= 15 is 0 Å². The first-order valence-corrected chi connectivity index (χ1v) is 4.65. The van der Waals surface area contributed by atoms with Crippen LogP contribution < -0.4 is 5.73 Å². The lowest BCUT2D eigenvalue weighted by atomic mass is 10.1. The minimum absolute atomic E-state index is 0.135. The summed E-state index contributed by atoms with van der Waals surface area (Å²) in [6.07, 6.45) is -4.64. The molecule has 0 bridgehead atoms. The second kappa shape index (κ2) is 3.76. The van der Waals surface area contributed by atoms with Crippen molar-refractivity contribution in [1.29, 1.82) is 0 Å². The smallest absolute Gasteiger partial charge is 0.398 e. The molecule has 0 unspecified atom stereocenters. The van der Waals surface area contributed by atoms with Gasteiger partial charge < -0.3 is 10.3 Å². The Balaban J connectivity index is 2.40. The van der Waals surface area contributed by atoms with E-state index in [-0.39, 0.29) is 5.82 Å². The number of nitrogens with two attached hydrogens (primary N) is 1. The highest BCUT2D eigenvalue weighted by molar-refractivity contribution is 5.63. The molecule has 0 atom stereocenters. The van der Waals surface area contributed by atoms with Crippen molar-refractivity contribution < 1.29 is 17.7 Å². The number of rotatable bonds is 1. The third-order valence-corrected chi connectivity index (χ3v) is 2.21. The van der Waals surface area contributed by atoms with Crippen LogP contribution in [0.3, 0.4) is 0 Å². The van der Waals surface area contributed by atoms with Gasteiger partial charge in [0.2, 0.25) is 5.82 Å². The van der Waals surface area contributed by atoms with E-state index in [1.807, 2.05) is 0 Å². The number of anilines is 1. The molecule has 0 aliphatic carbocycles. The lowest BCUT2D eigenvalue weighted by molar-refractivity contribution is -0.159. The van der Waals surface area contributed by atoms with Gasteiger partial charge in [0.1, 0.15) is 0 Å². The first-order chi connectivity index (χ1) is 7.88. The third-order valence-electron chi connectivity index (χ3n) is 2.21. The fourth-order valence-electron chi connectivity index (χ4n) is 1.24. The molecule has 1 heterocycles. The minimum Gasteiger partial charge on any atom is -0.398 e. The molecule has 1 aromatic carbocycles. The summed E-state index contributed by atoms with van der Waals surface area (Å²) in [5, 5.41) is 3.26. The Morgan fingerprint density at radius 3 is 2.53 bits per heavy atom. The van der Waals surface area contributed by atoms with Crippen LogP contribution >= 0.6 is 0 Å². The van der Waals surface area contributed by atoms with Crippen molar-refractivity contribution in [2.24, 2.45) is 0 Å². The van der Waals surface area contributed by atoms with Crippen LogP contribution in [-0.4, -0.2) is 10.1 Å². The maximum Gasteiger partial charge on any atom is 0.471 e. The van der Waals surface area contributed by atoms with E-state index in [1.54, 1.807) is 19.1 Å². The van der Waals surface area contributed by atoms with Crippen molar-refractivity contribution in [2.45, 2.75) is 13.1 Å². The molecule has 7 heteroatoms. The Morgan fingerprint density at radius 1 is 1.29 bits per heavy atom. The summed E-state index contributed by atoms with van der Waals surface area (Å²) in [6, 6.07) is 4.76. The largest absolute Gasteiger partial charge is 0.471 e. The Labute approximate surface area is 94.2 Å². The van der Waals surface area contributed by atoms with Crippen molar-refractivity contribution >= 4 is 5.69 Å². The predicted molar refractivity (Wildman–Crippen MR) is 53.9 cm³/mol. The molecule has 2 aromatic rings. The van der Waals surface area contributed by atoms with E-state index in [0.29, 0.717) is 11.3 Å². The summed E-state index contributed by atoms with van der Waals surface area (Å²) in [7, 11) is 0. The van der Waals surface area contributed by atoms with Gasteiger partial charge in [-0.15, -0.1) is 0 Å². The van der Waals surface area contributed by atoms with Crippen LogP contribution in [0.4, 0.5) is 18.9 Å². The first-order valence-electron chi connectivity index (χ1n) is 4.65. The van der Waals surface area contributed by atoms with E-state index in [2.05, 4.69) is 14.7 Å². The molecule has 90 valence electrons. The van der Waals surface area contributed by atoms with Gasteiger partial charge in [0.25, 0.3) is 0 Å². The van der Waals surface area contributed by atoms with Crippen LogP contribution in [0.2, 0.25) is 0 Å². The summed E-state index contributed by atoms with van der Waals surface area (Å²) in [5.41, 5.74) is 7.31. The van der Waals surface area contributed by atoms with Crippen LogP contribution in [0.5, 0.6) is 0 Å². The van der Waals surface area contributed by atoms with Crippen LogP contribution in [0.1, 0.15) is 11.5 Å². The molecule has 0 amide bonds. The zero-order chi connectivity index (χ0) is 12.6. The molecule has 2 rings (SSSR count). The number of aryl methyl sites for hydroxylation is 1. The van der Waals surface area contributed by atoms with Gasteiger partial charge in [-0.25, -0.2) is 0 Å². The number of halogens is 3. The van der Waals surface area contributed by atoms with Crippen LogP contribution in [0.25, 0.3) is 11.4 Å². The maximum atomic E-state index is 12.2. The Hall–Kier alpha value is -2.05. The van der Waals surface area contributed by atoms with E-state index < -0.39 is 12.1 Å². The average Bonchev–Trinajstić information content (AvgIpc) is 2.70. The van der Waals surface area contributed by atoms with Crippen molar-refractivity contribution in [1.82, 2.24) is 10.1 Å². The zero-order valence-corrected chi connectivity index (χ0v) is 8.75. The molecular formula is C10H8F3N3O. The monoisotopic (exact) mass is 243 g/mol. The highest BCUT2D eigenvalue weighted by atomic mass is 19.4. The lowest BCUT2D eigenvalue weighted by Gasteiger charge is -2.00. The predicted octanol–water partition coefficient (Wildman–Crippen LogP) is 2.65. The molecule has 1 aromatic heterocycles. The van der Waals surface area contributed by atoms with E-state index in [1.165, 1.54) is 6.07 Å². The highest BCUT2D eigenvalue weighted by Crippen LogP contribution is 2.29. The quantitative estimate of drug-likeness (QED) is 0.782. The van der Waals surface area contributed by atoms with Gasteiger partial charge in [-0.2, -0.15) is 18.2 Å². The Kier molecular flexibility index (Phi) is 2.53. The number of benzene rings is 1. The normalized spacial score (nSPS) is 11.8. The van der Waals surface area contributed by atoms with Gasteiger partial charge in [0.05, 0.1) is 0 Å². The molecule has 0 spiro atoms. The van der Waals surface area contributed by atoms with Gasteiger partial charge in [0, 0.05) is 11.3 Å². The zero-order valence-electron chi connectivity index (χ0n) is 8.75. The summed E-state index contributed by atoms with van der Waals surface area (Å²) in [6.45, 7) is 1.79. The lowest BCUT2D eigenvalue weighted by Crippen LogP contribution is -2.04. The average molecular weight is 243 g/mol. The van der Waals surface area contributed by atoms with Crippen molar-refractivity contribution in [3.63, 3.8) is 0 Å². The summed E-state index contributed by atoms with van der Waals surface area (Å²) < 4.78 is 40.8. The SMILES string of the molecule is Cc1ccc(-c2noc(C(F)(F)F)n2)cc1N. The second-order valence-electron chi connectivity index (χ2n) is 3.49. The second-order valence-corrected chi connectivity index (χ2v) is 3.49. The third kappa shape index (κ3) is 2.22. The van der Waals surface area contributed by atoms with Crippen LogP contribution in [0.15, 0.2) is 22.7 Å². The Bertz CT molecular complexity index is 548. The summed E-state index contributed by atoms with van der Waals surface area (Å²) in [5.74, 6) is -1.50. The molecule has 0 aliphatic rings. The molecular weight excluding hydrogens is 235 g/mol. The summed E-state index contributed by atoms with van der Waals surface area (Å²) >= 11 is 0. The molecule has 0 radical (unpaired) electrons. The molecule has 0 saturated heterocycles.